The van der Waals surface area contributed by atoms with Crippen molar-refractivity contribution in [2.24, 2.45) is 203 Å². The number of Topliss-reactive ketones (excluding diaryl/α,β-unsaturated/α-hetero) is 4. The molecule has 8 N–H and O–H groups in total. The van der Waals surface area contributed by atoms with Crippen LogP contribution < -0.4 is 0 Å². The minimum atomic E-state index is -0.258. The lowest BCUT2D eigenvalue weighted by Gasteiger charge is -2.64. The van der Waals surface area contributed by atoms with E-state index < -0.39 is 0 Å². The van der Waals surface area contributed by atoms with Crippen molar-refractivity contribution in [3.63, 3.8) is 0 Å². The van der Waals surface area contributed by atoms with Gasteiger partial charge in [-0.15, -0.1) is 0 Å². The number of thioether (sulfide) groups is 4. The van der Waals surface area contributed by atoms with Gasteiger partial charge < -0.3 is 40.9 Å². The minimum Gasteiger partial charge on any atom is -0.393 e. The van der Waals surface area contributed by atoms with Gasteiger partial charge in [0.2, 0.25) is 0 Å². The van der Waals surface area contributed by atoms with E-state index in [1.165, 1.54) is 150 Å². The van der Waals surface area contributed by atoms with Crippen LogP contribution in [0.25, 0.3) is 0 Å². The Kier molecular flexibility index (Phi) is 29.3. The first-order valence-corrected chi connectivity index (χ1v) is 57.3. The van der Waals surface area contributed by atoms with Crippen LogP contribution in [0, 0.1) is 203 Å². The van der Waals surface area contributed by atoms with E-state index in [2.05, 4.69) is 104 Å². The number of hydrogen-bond acceptors (Lipinski definition) is 20. The fourth-order valence-corrected chi connectivity index (χ4v) is 44.4. The van der Waals surface area contributed by atoms with Crippen LogP contribution in [0.15, 0.2) is 0 Å². The van der Waals surface area contributed by atoms with Gasteiger partial charge in [-0.3, -0.25) is 38.4 Å². The molecule has 20 heteroatoms. The Balaban J connectivity index is 0.000000121. The predicted octanol–water partition coefficient (Wildman–Crippen LogP) is 20.3. The van der Waals surface area contributed by atoms with Crippen molar-refractivity contribution < 1.29 is 79.2 Å². The summed E-state index contributed by atoms with van der Waals surface area (Å²) in [5, 5.41) is 88.1. The lowest BCUT2D eigenvalue weighted by molar-refractivity contribution is -0.203. The number of hydrogen-bond donors (Lipinski definition) is 8. The summed E-state index contributed by atoms with van der Waals surface area (Å²) in [6.45, 7) is 35.8. The van der Waals surface area contributed by atoms with Gasteiger partial charge in [-0.1, -0.05) is 170 Å². The normalized spacial score (nSPS) is 52.9. The van der Waals surface area contributed by atoms with E-state index in [-0.39, 0.29) is 182 Å². The summed E-state index contributed by atoms with van der Waals surface area (Å²) in [5.74, 6) is 13.1. The molecule has 130 heavy (non-hydrogen) atoms. The summed E-state index contributed by atoms with van der Waals surface area (Å²) in [6, 6.07) is 0. The molecule has 18 unspecified atom stereocenters. The van der Waals surface area contributed by atoms with Crippen LogP contribution in [-0.4, -0.2) is 154 Å². The summed E-state index contributed by atoms with van der Waals surface area (Å²) >= 11 is 5.09. The fourth-order valence-electron chi connectivity index (χ4n) is 39.8. The van der Waals surface area contributed by atoms with Crippen LogP contribution >= 0.6 is 47.0 Å². The summed E-state index contributed by atoms with van der Waals surface area (Å²) in [5.41, 5.74) is 1.86. The highest BCUT2D eigenvalue weighted by Gasteiger charge is 2.71. The molecule has 0 spiro atoms. The molecule has 4 heterocycles. The zero-order chi connectivity index (χ0) is 93.2. The third-order valence-corrected chi connectivity index (χ3v) is 50.6. The van der Waals surface area contributed by atoms with Gasteiger partial charge in [0.1, 0.15) is 0 Å². The zero-order valence-corrected chi connectivity index (χ0v) is 85.5. The minimum absolute atomic E-state index is 0.0453. The van der Waals surface area contributed by atoms with Gasteiger partial charge in [0.05, 0.1) is 95.5 Å². The first-order valence-electron chi connectivity index (χ1n) is 53.8. The van der Waals surface area contributed by atoms with Crippen LogP contribution in [0.2, 0.25) is 0 Å². The Bertz CT molecular complexity index is 3870. The van der Waals surface area contributed by atoms with Gasteiger partial charge in [0.25, 0.3) is 0 Å². The number of aliphatic hydroxyl groups is 8. The maximum atomic E-state index is 12.3. The Labute approximate surface area is 798 Å². The average Bonchev–Trinajstić information content (AvgIpc) is 0.764. The summed E-state index contributed by atoms with van der Waals surface area (Å²) in [7, 11) is 0. The SMILES string of the molecule is CC[C@H]1[C@@H](O)C2C3CCC([C@H](C)CC4SC(=O)CC4=O)[C@@]3(C)CCC2[C@@]2(C)CC[C@@H](O)C[C@@H]12.CC[C@H]1[C@@H](O)C2C3CCC([C@H](C)C[C@@H]4SC(=O)CC4=O)[C@@]3(C)CCC2[C@@]2(C)CC[C@@H](O)C[C@@H]12.CC[C@H]1[C@@H](O)C2C3CCC([C@H](C)C[C@H]4SC(=O)CC4=O)[C@@]3(C)CCC2[C@@]2(C)CC[C@@H](O)C[C@@H]12.C[C@H](CC1SC(=O)CC1=O)C1CCC2C3C(CC[C@@]21C)[C@@]1(C)CC[C@@H](O)C[C@H]1C[C@H]3O. The molecule has 20 rings (SSSR count). The van der Waals surface area contributed by atoms with E-state index in [1.54, 1.807) is 0 Å². The maximum Gasteiger partial charge on any atom is 0.197 e. The van der Waals surface area contributed by atoms with Crippen molar-refractivity contribution in [1.29, 1.82) is 0 Å². The molecule has 4 aliphatic heterocycles. The number of carbonyl (C=O) groups is 8. The van der Waals surface area contributed by atoms with Crippen molar-refractivity contribution >= 4 is 90.6 Å². The fraction of sp³-hybridized carbons (Fsp3) is 0.927. The number of ketones is 4. The third kappa shape index (κ3) is 17.2. The van der Waals surface area contributed by atoms with Crippen LogP contribution in [-0.2, 0) is 38.4 Å². The molecule has 20 fully saturated rings. The van der Waals surface area contributed by atoms with Crippen molar-refractivity contribution in [3.05, 3.63) is 0 Å². The second kappa shape index (κ2) is 38.0. The Morgan fingerprint density at radius 2 is 0.492 bits per heavy atom. The van der Waals surface area contributed by atoms with Crippen LogP contribution in [0.5, 0.6) is 0 Å². The number of fused-ring (bicyclic) bond motifs is 20. The molecule has 732 valence electrons. The van der Waals surface area contributed by atoms with Crippen molar-refractivity contribution in [1.82, 2.24) is 0 Å². The van der Waals surface area contributed by atoms with Gasteiger partial charge in [0.15, 0.2) is 43.6 Å². The molecule has 47 atom stereocenters. The molecule has 20 aliphatic rings. The first-order chi connectivity index (χ1) is 61.4. The van der Waals surface area contributed by atoms with Crippen molar-refractivity contribution in [2.45, 2.75) is 431 Å². The van der Waals surface area contributed by atoms with Gasteiger partial charge >= 0.3 is 0 Å². The molecule has 0 aromatic rings. The summed E-state index contributed by atoms with van der Waals surface area (Å²) < 4.78 is 0. The topological polar surface area (TPSA) is 298 Å². The second-order valence-corrected chi connectivity index (χ2v) is 56.2. The molecular formula is C110H172O16S4. The molecule has 0 radical (unpaired) electrons. The van der Waals surface area contributed by atoms with Crippen LogP contribution in [0.4, 0.5) is 0 Å². The van der Waals surface area contributed by atoms with E-state index in [1.807, 2.05) is 0 Å². The highest BCUT2D eigenvalue weighted by molar-refractivity contribution is 8.16. The zero-order valence-electron chi connectivity index (χ0n) is 82.3. The smallest absolute Gasteiger partial charge is 0.197 e. The lowest BCUT2D eigenvalue weighted by Crippen LogP contribution is -2.62. The molecular weight excluding hydrogens is 1710 g/mol. The summed E-state index contributed by atoms with van der Waals surface area (Å²) in [6.07, 6.45) is 36.5. The highest BCUT2D eigenvalue weighted by Crippen LogP contribution is 2.76. The molecule has 0 aromatic heterocycles. The van der Waals surface area contributed by atoms with Gasteiger partial charge in [-0.2, -0.15) is 0 Å². The molecule has 0 amide bonds. The predicted molar refractivity (Wildman–Crippen MR) is 517 cm³/mol. The number of carbonyl (C=O) groups excluding carboxylic acids is 8. The Hall–Kier alpha value is -1.56. The monoisotopic (exact) mass is 1880 g/mol. The maximum absolute atomic E-state index is 12.3. The molecule has 4 saturated heterocycles. The third-order valence-electron chi connectivity index (χ3n) is 46.0. The Morgan fingerprint density at radius 3 is 0.738 bits per heavy atom. The number of rotatable bonds is 15. The van der Waals surface area contributed by atoms with Crippen molar-refractivity contribution in [2.75, 3.05) is 0 Å². The molecule has 0 bridgehead atoms. The lowest BCUT2D eigenvalue weighted by atomic mass is 9.41. The van der Waals surface area contributed by atoms with Crippen molar-refractivity contribution in [3.8, 4) is 0 Å². The molecule has 16 saturated carbocycles. The first kappa shape index (κ1) is 100.0. The molecule has 16 aliphatic carbocycles. The van der Waals surface area contributed by atoms with Gasteiger partial charge in [0, 0.05) is 0 Å². The van der Waals surface area contributed by atoms with E-state index in [4.69, 9.17) is 0 Å². The largest absolute Gasteiger partial charge is 0.393 e. The van der Waals surface area contributed by atoms with Crippen LogP contribution in [0.1, 0.15) is 361 Å². The number of aliphatic hydroxyl groups excluding tert-OH is 8. The van der Waals surface area contributed by atoms with E-state index >= 15 is 0 Å². The molecule has 16 nitrogen and oxygen atoms in total. The summed E-state index contributed by atoms with van der Waals surface area (Å²) in [4.78, 5) is 96.2. The quantitative estimate of drug-likeness (QED) is 0.0707. The van der Waals surface area contributed by atoms with Gasteiger partial charge in [-0.05, 0) is 415 Å². The van der Waals surface area contributed by atoms with Gasteiger partial charge in [-0.25, -0.2) is 0 Å². The Morgan fingerprint density at radius 1 is 0.269 bits per heavy atom. The highest BCUT2D eigenvalue weighted by atomic mass is 32.2. The average molecular weight is 1880 g/mol. The second-order valence-electron chi connectivity index (χ2n) is 51.2. The standard InChI is InChI=1S/3C28H44O4S.C26H40O4S/c3*1-5-17-21-13-16(29)8-10-28(21,4)20-9-11-27(3)18(6-7-19(27)25(20)26(17)32)15(2)12-23-22(30)14-24(31)33-23;1-14(10-22-20(28)13-23(30)31-22)17-4-5-18-24-19(7-9-26(17,18)3)25(2)8-6-16(27)11-15(25)12-21(24)29/h3*15-21,23,25-26,29,32H,5-14H2,1-4H3;14-19,21-22,24,27,29H,4-13H2,1-3H3/t15-,16-,17-,18?,19?,20?,21+,23?,25?,26-,27-,28-;15-,16-,17-,18?,19?,20?,21+,23+,25?,26-,27-,28-;15-,16-,17-,18?,19?,20?,21+,23-,25?,26-,27-,28-;14-,15+,16-,17?,18?,19?,21-,22?,24?,25+,26-/m1111/s1. The molecule has 0 aromatic carbocycles. The van der Waals surface area contributed by atoms with Crippen LogP contribution in [0.3, 0.4) is 0 Å². The van der Waals surface area contributed by atoms with E-state index in [0.29, 0.717) is 160 Å². The van der Waals surface area contributed by atoms with E-state index in [9.17, 15) is 79.2 Å². The van der Waals surface area contributed by atoms with E-state index in [0.717, 1.165) is 128 Å².